The SMILES string of the molecule is CC(=O)ON=Cc1cccc(OCc2nc3ccccc3nc2C)c1. The van der Waals surface area contributed by atoms with Gasteiger partial charge in [0.2, 0.25) is 0 Å². The lowest BCUT2D eigenvalue weighted by molar-refractivity contribution is -0.140. The highest BCUT2D eigenvalue weighted by molar-refractivity contribution is 5.80. The highest BCUT2D eigenvalue weighted by atomic mass is 16.7. The van der Waals surface area contributed by atoms with Crippen LogP contribution in [0.1, 0.15) is 23.9 Å². The number of hydrogen-bond acceptors (Lipinski definition) is 6. The molecule has 1 heterocycles. The second kappa shape index (κ2) is 7.53. The Morgan fingerprint density at radius 2 is 1.88 bits per heavy atom. The molecule has 3 rings (SSSR count). The molecular weight excluding hydrogens is 318 g/mol. The van der Waals surface area contributed by atoms with Crippen LogP contribution < -0.4 is 4.74 Å². The van der Waals surface area contributed by atoms with Gasteiger partial charge in [-0.15, -0.1) is 0 Å². The average molecular weight is 335 g/mol. The fourth-order valence-corrected chi connectivity index (χ4v) is 2.26. The van der Waals surface area contributed by atoms with Crippen molar-refractivity contribution < 1.29 is 14.4 Å². The van der Waals surface area contributed by atoms with Crippen LogP contribution in [0.2, 0.25) is 0 Å². The van der Waals surface area contributed by atoms with Crippen LogP contribution in [0.25, 0.3) is 11.0 Å². The van der Waals surface area contributed by atoms with Crippen molar-refractivity contribution in [1.82, 2.24) is 9.97 Å². The molecular formula is C19H17N3O3. The lowest BCUT2D eigenvalue weighted by atomic mass is 10.2. The molecule has 0 N–H and O–H groups in total. The lowest BCUT2D eigenvalue weighted by Gasteiger charge is -2.09. The van der Waals surface area contributed by atoms with Crippen LogP contribution in [0.15, 0.2) is 53.7 Å². The van der Waals surface area contributed by atoms with Gasteiger partial charge in [0.1, 0.15) is 12.4 Å². The zero-order valence-corrected chi connectivity index (χ0v) is 14.0. The van der Waals surface area contributed by atoms with E-state index in [0.29, 0.717) is 12.4 Å². The number of rotatable bonds is 5. The van der Waals surface area contributed by atoms with E-state index in [1.807, 2.05) is 49.4 Å². The number of para-hydroxylation sites is 2. The second-order valence-corrected chi connectivity index (χ2v) is 5.42. The minimum atomic E-state index is -0.464. The van der Waals surface area contributed by atoms with E-state index in [-0.39, 0.29) is 0 Å². The zero-order valence-electron chi connectivity index (χ0n) is 14.0. The van der Waals surface area contributed by atoms with Crippen molar-refractivity contribution in [2.24, 2.45) is 5.16 Å². The number of carbonyl (C=O) groups excluding carboxylic acids is 1. The van der Waals surface area contributed by atoms with Crippen LogP contribution in [-0.4, -0.2) is 22.2 Å². The summed E-state index contributed by atoms with van der Waals surface area (Å²) < 4.78 is 5.82. The molecule has 25 heavy (non-hydrogen) atoms. The van der Waals surface area contributed by atoms with Crippen LogP contribution in [0.5, 0.6) is 5.75 Å². The fraction of sp³-hybridized carbons (Fsp3) is 0.158. The Morgan fingerprint density at radius 3 is 2.64 bits per heavy atom. The largest absolute Gasteiger partial charge is 0.487 e. The summed E-state index contributed by atoms with van der Waals surface area (Å²) in [5.41, 5.74) is 4.10. The molecule has 0 aliphatic carbocycles. The summed E-state index contributed by atoms with van der Waals surface area (Å²) in [7, 11) is 0. The van der Waals surface area contributed by atoms with Crippen LogP contribution in [0.4, 0.5) is 0 Å². The van der Waals surface area contributed by atoms with Gasteiger partial charge < -0.3 is 9.57 Å². The molecule has 1 aromatic heterocycles. The van der Waals surface area contributed by atoms with Crippen molar-refractivity contribution in [2.45, 2.75) is 20.5 Å². The molecule has 0 bridgehead atoms. The first kappa shape index (κ1) is 16.6. The summed E-state index contributed by atoms with van der Waals surface area (Å²) in [5.74, 6) is 0.204. The minimum absolute atomic E-state index is 0.314. The number of hydrogen-bond donors (Lipinski definition) is 0. The van der Waals surface area contributed by atoms with Crippen LogP contribution >= 0.6 is 0 Å². The molecule has 0 aliphatic rings. The summed E-state index contributed by atoms with van der Waals surface area (Å²) >= 11 is 0. The third-order valence-corrected chi connectivity index (χ3v) is 3.46. The highest BCUT2D eigenvalue weighted by Gasteiger charge is 2.06. The molecule has 3 aromatic rings. The maximum Gasteiger partial charge on any atom is 0.331 e. The molecule has 0 saturated carbocycles. The minimum Gasteiger partial charge on any atom is -0.487 e. The molecule has 2 aromatic carbocycles. The van der Waals surface area contributed by atoms with E-state index in [1.165, 1.54) is 13.1 Å². The molecule has 0 fully saturated rings. The van der Waals surface area contributed by atoms with Gasteiger partial charge >= 0.3 is 5.97 Å². The number of carbonyl (C=O) groups is 1. The predicted molar refractivity (Wildman–Crippen MR) is 94.4 cm³/mol. The Balaban J connectivity index is 1.72. The maximum atomic E-state index is 10.7. The Morgan fingerprint density at radius 1 is 1.12 bits per heavy atom. The zero-order chi connectivity index (χ0) is 17.6. The van der Waals surface area contributed by atoms with Crippen molar-refractivity contribution in [1.29, 1.82) is 0 Å². The maximum absolute atomic E-state index is 10.7. The number of ether oxygens (including phenoxy) is 1. The normalized spacial score (nSPS) is 11.0. The van der Waals surface area contributed by atoms with Gasteiger partial charge in [-0.1, -0.05) is 29.4 Å². The molecule has 0 aliphatic heterocycles. The lowest BCUT2D eigenvalue weighted by Crippen LogP contribution is -2.03. The highest BCUT2D eigenvalue weighted by Crippen LogP contribution is 2.17. The van der Waals surface area contributed by atoms with Crippen molar-refractivity contribution in [3.63, 3.8) is 0 Å². The smallest absolute Gasteiger partial charge is 0.331 e. The first-order valence-electron chi connectivity index (χ1n) is 7.78. The summed E-state index contributed by atoms with van der Waals surface area (Å²) in [6.45, 7) is 3.53. The Bertz CT molecular complexity index is 938. The number of fused-ring (bicyclic) bond motifs is 1. The number of nitrogens with zero attached hydrogens (tertiary/aromatic N) is 3. The standard InChI is InChI=1S/C19H17N3O3/c1-13-19(22-18-9-4-3-8-17(18)21-13)12-24-16-7-5-6-15(10-16)11-20-25-14(2)23/h3-11H,12H2,1-2H3. The fourth-order valence-electron chi connectivity index (χ4n) is 2.26. The average Bonchev–Trinajstić information content (AvgIpc) is 2.60. The van der Waals surface area contributed by atoms with Gasteiger partial charge in [-0.05, 0) is 36.8 Å². The number of aromatic nitrogens is 2. The van der Waals surface area contributed by atoms with Crippen LogP contribution in [0.3, 0.4) is 0 Å². The molecule has 0 amide bonds. The predicted octanol–water partition coefficient (Wildman–Crippen LogP) is 3.41. The molecule has 6 nitrogen and oxygen atoms in total. The van der Waals surface area contributed by atoms with Crippen molar-refractivity contribution in [3.05, 3.63) is 65.5 Å². The molecule has 0 unspecified atom stereocenters. The van der Waals surface area contributed by atoms with E-state index < -0.39 is 5.97 Å². The Labute approximate surface area is 145 Å². The van der Waals surface area contributed by atoms with Gasteiger partial charge in [0.25, 0.3) is 0 Å². The van der Waals surface area contributed by atoms with E-state index in [1.54, 1.807) is 6.07 Å². The second-order valence-electron chi connectivity index (χ2n) is 5.42. The summed E-state index contributed by atoms with van der Waals surface area (Å²) in [6, 6.07) is 15.1. The van der Waals surface area contributed by atoms with Crippen molar-refractivity contribution in [2.75, 3.05) is 0 Å². The summed E-state index contributed by atoms with van der Waals surface area (Å²) in [4.78, 5) is 24.4. The third kappa shape index (κ3) is 4.38. The monoisotopic (exact) mass is 335 g/mol. The van der Waals surface area contributed by atoms with E-state index in [2.05, 4.69) is 20.0 Å². The first-order chi connectivity index (χ1) is 12.1. The molecule has 6 heteroatoms. The Kier molecular flexibility index (Phi) is 4.99. The van der Waals surface area contributed by atoms with E-state index >= 15 is 0 Å². The van der Waals surface area contributed by atoms with Gasteiger partial charge in [0.15, 0.2) is 0 Å². The number of aryl methyl sites for hydroxylation is 1. The van der Waals surface area contributed by atoms with E-state index in [4.69, 9.17) is 4.74 Å². The molecule has 0 spiro atoms. The molecule has 126 valence electrons. The number of oxime groups is 1. The van der Waals surface area contributed by atoms with Crippen LogP contribution in [0, 0.1) is 6.92 Å². The van der Waals surface area contributed by atoms with Gasteiger partial charge in [0, 0.05) is 6.92 Å². The third-order valence-electron chi connectivity index (χ3n) is 3.46. The summed E-state index contributed by atoms with van der Waals surface area (Å²) in [6.07, 6.45) is 1.45. The van der Waals surface area contributed by atoms with E-state index in [9.17, 15) is 4.79 Å². The molecule has 0 saturated heterocycles. The van der Waals surface area contributed by atoms with Crippen molar-refractivity contribution >= 4 is 23.2 Å². The first-order valence-corrected chi connectivity index (χ1v) is 7.78. The van der Waals surface area contributed by atoms with Crippen molar-refractivity contribution in [3.8, 4) is 5.75 Å². The van der Waals surface area contributed by atoms with Gasteiger partial charge in [0.05, 0.1) is 28.6 Å². The number of benzene rings is 2. The van der Waals surface area contributed by atoms with Gasteiger partial charge in [-0.25, -0.2) is 14.8 Å². The molecule has 0 atom stereocenters. The van der Waals surface area contributed by atoms with E-state index in [0.717, 1.165) is 28.0 Å². The summed E-state index contributed by atoms with van der Waals surface area (Å²) in [5, 5.41) is 3.60. The quantitative estimate of drug-likeness (QED) is 0.406. The van der Waals surface area contributed by atoms with Gasteiger partial charge in [-0.3, -0.25) is 0 Å². The Hall–Kier alpha value is -3.28. The van der Waals surface area contributed by atoms with Crippen LogP contribution in [-0.2, 0) is 16.2 Å². The topological polar surface area (TPSA) is 73.7 Å². The molecule has 0 radical (unpaired) electrons. The van der Waals surface area contributed by atoms with Gasteiger partial charge in [-0.2, -0.15) is 0 Å².